The van der Waals surface area contributed by atoms with E-state index in [1.54, 1.807) is 6.92 Å². The minimum absolute atomic E-state index is 0.309. The van der Waals surface area contributed by atoms with Gasteiger partial charge in [-0.3, -0.25) is 0 Å². The molecule has 0 aliphatic rings. The van der Waals surface area contributed by atoms with Crippen molar-refractivity contribution in [1.29, 1.82) is 5.26 Å². The Bertz CT molecular complexity index is 464. The molecule has 0 radical (unpaired) electrons. The van der Waals surface area contributed by atoms with E-state index >= 15 is 0 Å². The summed E-state index contributed by atoms with van der Waals surface area (Å²) < 4.78 is 6.62. The van der Waals surface area contributed by atoms with Crippen LogP contribution in [0.2, 0.25) is 0 Å². The number of hydrogen-bond acceptors (Lipinski definition) is 3. The summed E-state index contributed by atoms with van der Waals surface area (Å²) in [6.07, 6.45) is 1.04. The molecule has 1 aromatic carbocycles. The van der Waals surface area contributed by atoms with Crippen molar-refractivity contribution in [3.8, 4) is 11.8 Å². The van der Waals surface area contributed by atoms with Gasteiger partial charge in [-0.1, -0.05) is 15.9 Å². The zero-order valence-electron chi connectivity index (χ0n) is 11.6. The molecule has 0 bridgehead atoms. The molecule has 1 rings (SSSR count). The molecule has 1 aromatic rings. The standard InChI is InChI=1S/C15H20BrNO2/c1-11(18)13-9-12(16)5-6-14(13)19-8-4-7-15(2,3)10-17/h5-6,9,11,18H,4,7-8H2,1-3H3/t11-/m0/s1. The smallest absolute Gasteiger partial charge is 0.125 e. The van der Waals surface area contributed by atoms with Crippen LogP contribution in [-0.4, -0.2) is 11.7 Å². The Labute approximate surface area is 123 Å². The van der Waals surface area contributed by atoms with Crippen LogP contribution in [-0.2, 0) is 0 Å². The third-order valence-electron chi connectivity index (χ3n) is 2.93. The predicted octanol–water partition coefficient (Wildman–Crippen LogP) is 4.21. The summed E-state index contributed by atoms with van der Waals surface area (Å²) in [5, 5.41) is 18.6. The topological polar surface area (TPSA) is 53.2 Å². The number of aliphatic hydroxyl groups excluding tert-OH is 1. The Balaban J connectivity index is 2.57. The molecular weight excluding hydrogens is 306 g/mol. The van der Waals surface area contributed by atoms with Crippen molar-refractivity contribution in [3.05, 3.63) is 28.2 Å². The van der Waals surface area contributed by atoms with Crippen molar-refractivity contribution >= 4 is 15.9 Å². The van der Waals surface area contributed by atoms with Crippen LogP contribution < -0.4 is 4.74 Å². The summed E-state index contributed by atoms with van der Waals surface area (Å²) >= 11 is 3.38. The molecule has 3 nitrogen and oxygen atoms in total. The maximum atomic E-state index is 9.71. The van der Waals surface area contributed by atoms with Crippen molar-refractivity contribution in [2.24, 2.45) is 5.41 Å². The maximum absolute atomic E-state index is 9.71. The van der Waals surface area contributed by atoms with Gasteiger partial charge in [0.1, 0.15) is 5.75 Å². The average molecular weight is 326 g/mol. The summed E-state index contributed by atoms with van der Waals surface area (Å²) in [6, 6.07) is 7.87. The Kier molecular flexibility index (Phi) is 5.84. The lowest BCUT2D eigenvalue weighted by Gasteiger charge is -2.17. The fourth-order valence-corrected chi connectivity index (χ4v) is 2.11. The van der Waals surface area contributed by atoms with Crippen LogP contribution in [0.4, 0.5) is 0 Å². The van der Waals surface area contributed by atoms with E-state index in [1.807, 2.05) is 32.0 Å². The van der Waals surface area contributed by atoms with Gasteiger partial charge in [0, 0.05) is 10.0 Å². The number of halogens is 1. The normalized spacial score (nSPS) is 12.8. The molecule has 0 unspecified atom stereocenters. The number of ether oxygens (including phenoxy) is 1. The molecule has 0 amide bonds. The molecular formula is C15H20BrNO2. The lowest BCUT2D eigenvalue weighted by atomic mass is 9.90. The SMILES string of the molecule is C[C@H](O)c1cc(Br)ccc1OCCCC(C)(C)C#N. The van der Waals surface area contributed by atoms with Gasteiger partial charge >= 0.3 is 0 Å². The van der Waals surface area contributed by atoms with Crippen molar-refractivity contribution < 1.29 is 9.84 Å². The summed E-state index contributed by atoms with van der Waals surface area (Å²) in [7, 11) is 0. The highest BCUT2D eigenvalue weighted by Crippen LogP contribution is 2.29. The van der Waals surface area contributed by atoms with Gasteiger partial charge in [0.15, 0.2) is 0 Å². The van der Waals surface area contributed by atoms with Crippen LogP contribution in [0.1, 0.15) is 45.3 Å². The van der Waals surface area contributed by atoms with E-state index in [4.69, 9.17) is 10.00 Å². The number of rotatable bonds is 6. The monoisotopic (exact) mass is 325 g/mol. The molecule has 104 valence electrons. The highest BCUT2D eigenvalue weighted by atomic mass is 79.9. The summed E-state index contributed by atoms with van der Waals surface area (Å²) in [5.41, 5.74) is 0.463. The first-order valence-electron chi connectivity index (χ1n) is 6.37. The van der Waals surface area contributed by atoms with Crippen molar-refractivity contribution in [2.75, 3.05) is 6.61 Å². The highest BCUT2D eigenvalue weighted by molar-refractivity contribution is 9.10. The van der Waals surface area contributed by atoms with Crippen molar-refractivity contribution in [1.82, 2.24) is 0 Å². The highest BCUT2D eigenvalue weighted by Gasteiger charge is 2.16. The molecule has 0 aliphatic carbocycles. The second-order valence-electron chi connectivity index (χ2n) is 5.31. The second kappa shape index (κ2) is 6.93. The molecule has 0 heterocycles. The number of nitrogens with zero attached hydrogens (tertiary/aromatic N) is 1. The van der Waals surface area contributed by atoms with Crippen LogP contribution in [0, 0.1) is 16.7 Å². The van der Waals surface area contributed by atoms with Gasteiger partial charge in [-0.25, -0.2) is 0 Å². The van der Waals surface area contributed by atoms with E-state index in [1.165, 1.54) is 0 Å². The zero-order valence-corrected chi connectivity index (χ0v) is 13.2. The van der Waals surface area contributed by atoms with Gasteiger partial charge in [-0.2, -0.15) is 5.26 Å². The number of aliphatic hydroxyl groups is 1. The van der Waals surface area contributed by atoms with E-state index in [0.717, 1.165) is 22.9 Å². The number of benzene rings is 1. The number of hydrogen-bond donors (Lipinski definition) is 1. The summed E-state index contributed by atoms with van der Waals surface area (Å²) in [5.74, 6) is 0.702. The molecule has 0 saturated heterocycles. The van der Waals surface area contributed by atoms with E-state index in [9.17, 15) is 5.11 Å². The molecule has 19 heavy (non-hydrogen) atoms. The van der Waals surface area contributed by atoms with Crippen LogP contribution in [0.5, 0.6) is 5.75 Å². The largest absolute Gasteiger partial charge is 0.493 e. The molecule has 0 saturated carbocycles. The predicted molar refractivity (Wildman–Crippen MR) is 78.9 cm³/mol. The van der Waals surface area contributed by atoms with Crippen LogP contribution in [0.3, 0.4) is 0 Å². The van der Waals surface area contributed by atoms with Gasteiger partial charge in [-0.15, -0.1) is 0 Å². The van der Waals surface area contributed by atoms with Gasteiger partial charge in [0.2, 0.25) is 0 Å². The molecule has 0 aromatic heterocycles. The van der Waals surface area contributed by atoms with E-state index in [0.29, 0.717) is 12.4 Å². The molecule has 4 heteroatoms. The van der Waals surface area contributed by atoms with Crippen molar-refractivity contribution in [3.63, 3.8) is 0 Å². The number of nitriles is 1. The summed E-state index contributed by atoms with van der Waals surface area (Å²) in [4.78, 5) is 0. The maximum Gasteiger partial charge on any atom is 0.125 e. The molecule has 0 spiro atoms. The van der Waals surface area contributed by atoms with E-state index < -0.39 is 6.10 Å². The third-order valence-corrected chi connectivity index (χ3v) is 3.42. The first kappa shape index (κ1) is 16.0. The molecule has 0 fully saturated rings. The van der Waals surface area contributed by atoms with Gasteiger partial charge in [0.25, 0.3) is 0 Å². The third kappa shape index (κ3) is 5.22. The first-order chi connectivity index (χ1) is 8.85. The van der Waals surface area contributed by atoms with E-state index in [2.05, 4.69) is 22.0 Å². The van der Waals surface area contributed by atoms with Gasteiger partial charge in [0.05, 0.1) is 24.2 Å². The Hall–Kier alpha value is -1.05. The second-order valence-corrected chi connectivity index (χ2v) is 6.22. The van der Waals surface area contributed by atoms with Crippen LogP contribution in [0.15, 0.2) is 22.7 Å². The minimum Gasteiger partial charge on any atom is -0.493 e. The quantitative estimate of drug-likeness (QED) is 0.797. The van der Waals surface area contributed by atoms with Crippen molar-refractivity contribution in [2.45, 2.75) is 39.7 Å². The Morgan fingerprint density at radius 1 is 1.47 bits per heavy atom. The fourth-order valence-electron chi connectivity index (χ4n) is 1.73. The lowest BCUT2D eigenvalue weighted by Crippen LogP contribution is -2.10. The molecule has 1 atom stereocenters. The first-order valence-corrected chi connectivity index (χ1v) is 7.16. The van der Waals surface area contributed by atoms with Crippen LogP contribution in [0.25, 0.3) is 0 Å². The fraction of sp³-hybridized carbons (Fsp3) is 0.533. The summed E-state index contributed by atoms with van der Waals surface area (Å²) in [6.45, 7) is 6.11. The Morgan fingerprint density at radius 3 is 2.74 bits per heavy atom. The average Bonchev–Trinajstić information content (AvgIpc) is 2.36. The van der Waals surface area contributed by atoms with Crippen LogP contribution >= 0.6 is 15.9 Å². The lowest BCUT2D eigenvalue weighted by molar-refractivity contribution is 0.190. The molecule has 1 N–H and O–H groups in total. The molecule has 0 aliphatic heterocycles. The van der Waals surface area contributed by atoms with E-state index in [-0.39, 0.29) is 5.41 Å². The van der Waals surface area contributed by atoms with Gasteiger partial charge in [-0.05, 0) is 51.8 Å². The minimum atomic E-state index is -0.567. The Morgan fingerprint density at radius 2 is 2.16 bits per heavy atom. The zero-order chi connectivity index (χ0) is 14.5. The van der Waals surface area contributed by atoms with Gasteiger partial charge < -0.3 is 9.84 Å².